The Balaban J connectivity index is 2.80. The van der Waals surface area contributed by atoms with E-state index in [0.717, 1.165) is 5.69 Å². The van der Waals surface area contributed by atoms with Crippen LogP contribution in [0.25, 0.3) is 0 Å². The molecule has 0 fully saturated rings. The second-order valence-electron chi connectivity index (χ2n) is 4.27. The van der Waals surface area contributed by atoms with Crippen molar-refractivity contribution in [3.8, 4) is 0 Å². The molecule has 0 atom stereocenters. The van der Waals surface area contributed by atoms with Crippen LogP contribution in [0.15, 0.2) is 6.20 Å². The van der Waals surface area contributed by atoms with Crippen LogP contribution in [0.4, 0.5) is 0 Å². The highest BCUT2D eigenvalue weighted by Crippen LogP contribution is 2.10. The van der Waals surface area contributed by atoms with E-state index in [1.54, 1.807) is 29.9 Å². The van der Waals surface area contributed by atoms with E-state index < -0.39 is 0 Å². The van der Waals surface area contributed by atoms with Gasteiger partial charge in [-0.15, -0.1) is 0 Å². The van der Waals surface area contributed by atoms with Gasteiger partial charge >= 0.3 is 0 Å². The van der Waals surface area contributed by atoms with Crippen LogP contribution in [0.5, 0.6) is 0 Å². The lowest BCUT2D eigenvalue weighted by Gasteiger charge is -2.22. The van der Waals surface area contributed by atoms with E-state index in [0.29, 0.717) is 36.7 Å². The van der Waals surface area contributed by atoms with Gasteiger partial charge in [-0.1, -0.05) is 12.2 Å². The van der Waals surface area contributed by atoms with E-state index in [2.05, 4.69) is 5.10 Å². The normalized spacial score (nSPS) is 10.5. The summed E-state index contributed by atoms with van der Waals surface area (Å²) in [6.07, 6.45) is 2.09. The van der Waals surface area contributed by atoms with Crippen LogP contribution in [0.3, 0.4) is 0 Å². The molecule has 0 aromatic carbocycles. The molecule has 6 nitrogen and oxygen atoms in total. The summed E-state index contributed by atoms with van der Waals surface area (Å²) < 4.78 is 6.70. The van der Waals surface area contributed by atoms with E-state index in [-0.39, 0.29) is 5.91 Å². The molecule has 0 bridgehead atoms. The van der Waals surface area contributed by atoms with E-state index in [4.69, 9.17) is 22.7 Å². The fourth-order valence-electron chi connectivity index (χ4n) is 1.64. The highest BCUT2D eigenvalue weighted by molar-refractivity contribution is 7.80. The lowest BCUT2D eigenvalue weighted by atomic mass is 10.2. The Kier molecular flexibility index (Phi) is 5.91. The summed E-state index contributed by atoms with van der Waals surface area (Å²) in [5.74, 6) is -0.0705. The van der Waals surface area contributed by atoms with E-state index >= 15 is 0 Å². The third-order valence-corrected chi connectivity index (χ3v) is 3.15. The van der Waals surface area contributed by atoms with Gasteiger partial charge in [0.05, 0.1) is 23.4 Å². The minimum atomic E-state index is -0.0705. The van der Waals surface area contributed by atoms with Crippen LogP contribution < -0.4 is 5.73 Å². The number of nitrogens with zero attached hydrogens (tertiary/aromatic N) is 3. The number of ether oxygens (including phenoxy) is 1. The number of carbonyl (C=O) groups is 1. The molecule has 19 heavy (non-hydrogen) atoms. The average Bonchev–Trinajstić information content (AvgIpc) is 2.69. The zero-order chi connectivity index (χ0) is 14.4. The van der Waals surface area contributed by atoms with Gasteiger partial charge in [0.15, 0.2) is 0 Å². The molecule has 0 spiro atoms. The van der Waals surface area contributed by atoms with Crippen molar-refractivity contribution in [2.75, 3.05) is 26.8 Å². The van der Waals surface area contributed by atoms with Crippen molar-refractivity contribution in [1.29, 1.82) is 0 Å². The molecule has 1 amide bonds. The van der Waals surface area contributed by atoms with Gasteiger partial charge in [0.2, 0.25) is 0 Å². The smallest absolute Gasteiger partial charge is 0.257 e. The minimum Gasteiger partial charge on any atom is -0.393 e. The first kappa shape index (κ1) is 15.6. The number of rotatable bonds is 7. The molecular formula is C12H20N4O2S. The second-order valence-corrected chi connectivity index (χ2v) is 4.79. The van der Waals surface area contributed by atoms with Gasteiger partial charge in [-0.3, -0.25) is 9.48 Å². The highest BCUT2D eigenvalue weighted by atomic mass is 32.1. The molecule has 1 aromatic heterocycles. The van der Waals surface area contributed by atoms with Crippen molar-refractivity contribution < 1.29 is 9.53 Å². The van der Waals surface area contributed by atoms with Gasteiger partial charge in [0.25, 0.3) is 5.91 Å². The van der Waals surface area contributed by atoms with Gasteiger partial charge in [0, 0.05) is 39.4 Å². The fraction of sp³-hybridized carbons (Fsp3) is 0.583. The Labute approximate surface area is 118 Å². The molecule has 7 heteroatoms. The van der Waals surface area contributed by atoms with Crippen molar-refractivity contribution in [2.45, 2.75) is 13.3 Å². The first-order valence-corrected chi connectivity index (χ1v) is 6.43. The molecule has 106 valence electrons. The first-order chi connectivity index (χ1) is 8.97. The lowest BCUT2D eigenvalue weighted by Crippen LogP contribution is -2.36. The Morgan fingerprint density at radius 1 is 1.58 bits per heavy atom. The summed E-state index contributed by atoms with van der Waals surface area (Å²) in [5.41, 5.74) is 6.92. The number of thiocarbonyl (C=S) groups is 1. The molecule has 0 aliphatic carbocycles. The van der Waals surface area contributed by atoms with Crippen LogP contribution >= 0.6 is 12.2 Å². The predicted octanol–water partition coefficient (Wildman–Crippen LogP) is 0.493. The average molecular weight is 284 g/mol. The maximum Gasteiger partial charge on any atom is 0.257 e. The summed E-state index contributed by atoms with van der Waals surface area (Å²) in [6.45, 7) is 3.34. The molecule has 0 aliphatic rings. The monoisotopic (exact) mass is 284 g/mol. The quantitative estimate of drug-likeness (QED) is 0.738. The van der Waals surface area contributed by atoms with Crippen molar-refractivity contribution in [2.24, 2.45) is 12.8 Å². The van der Waals surface area contributed by atoms with Crippen molar-refractivity contribution >= 4 is 23.1 Å². The topological polar surface area (TPSA) is 73.4 Å². The number of nitrogens with two attached hydrogens (primary N) is 1. The summed E-state index contributed by atoms with van der Waals surface area (Å²) in [7, 11) is 3.41. The number of amides is 1. The van der Waals surface area contributed by atoms with Crippen molar-refractivity contribution in [3.05, 3.63) is 17.5 Å². The van der Waals surface area contributed by atoms with Crippen LogP contribution in [0.2, 0.25) is 0 Å². The maximum absolute atomic E-state index is 12.4. The highest BCUT2D eigenvalue weighted by Gasteiger charge is 2.19. The molecular weight excluding hydrogens is 264 g/mol. The molecule has 0 aliphatic heterocycles. The zero-order valence-electron chi connectivity index (χ0n) is 11.5. The minimum absolute atomic E-state index is 0.0705. The zero-order valence-corrected chi connectivity index (χ0v) is 12.4. The predicted molar refractivity (Wildman–Crippen MR) is 77.1 cm³/mol. The van der Waals surface area contributed by atoms with Gasteiger partial charge < -0.3 is 15.4 Å². The molecule has 1 rings (SSSR count). The largest absolute Gasteiger partial charge is 0.393 e. The van der Waals surface area contributed by atoms with Gasteiger partial charge in [-0.2, -0.15) is 5.10 Å². The molecule has 2 N–H and O–H groups in total. The number of methoxy groups -OCH3 is 1. The third-order valence-electron chi connectivity index (χ3n) is 2.95. The van der Waals surface area contributed by atoms with Crippen LogP contribution in [-0.4, -0.2) is 52.4 Å². The van der Waals surface area contributed by atoms with Gasteiger partial charge in [-0.25, -0.2) is 0 Å². The molecule has 0 unspecified atom stereocenters. The summed E-state index contributed by atoms with van der Waals surface area (Å²) in [6, 6.07) is 0. The molecule has 1 aromatic rings. The first-order valence-electron chi connectivity index (χ1n) is 6.02. The number of hydrogen-bond donors (Lipinski definition) is 1. The van der Waals surface area contributed by atoms with Gasteiger partial charge in [-0.05, 0) is 6.92 Å². The van der Waals surface area contributed by atoms with Crippen LogP contribution in [0.1, 0.15) is 22.5 Å². The van der Waals surface area contributed by atoms with Crippen LogP contribution in [-0.2, 0) is 11.8 Å². The SMILES string of the molecule is COCCN(CCC(N)=S)C(=O)c1cnn(C)c1C. The summed E-state index contributed by atoms with van der Waals surface area (Å²) in [4.78, 5) is 14.5. The van der Waals surface area contributed by atoms with E-state index in [1.807, 2.05) is 6.92 Å². The molecule has 0 saturated carbocycles. The number of hydrogen-bond acceptors (Lipinski definition) is 4. The summed E-state index contributed by atoms with van der Waals surface area (Å²) in [5, 5.41) is 4.08. The van der Waals surface area contributed by atoms with Crippen molar-refractivity contribution in [1.82, 2.24) is 14.7 Å². The summed E-state index contributed by atoms with van der Waals surface area (Å²) >= 11 is 4.85. The maximum atomic E-state index is 12.4. The van der Waals surface area contributed by atoms with Crippen molar-refractivity contribution in [3.63, 3.8) is 0 Å². The molecule has 1 heterocycles. The lowest BCUT2D eigenvalue weighted by molar-refractivity contribution is 0.0700. The Hall–Kier alpha value is -1.47. The fourth-order valence-corrected chi connectivity index (χ4v) is 1.73. The Morgan fingerprint density at radius 2 is 2.26 bits per heavy atom. The standard InChI is InChI=1S/C12H20N4O2S/c1-9-10(8-14-15(9)2)12(17)16(6-7-18-3)5-4-11(13)19/h8H,4-7H2,1-3H3,(H2,13,19). The molecule has 0 radical (unpaired) electrons. The van der Waals surface area contributed by atoms with E-state index in [1.165, 1.54) is 0 Å². The molecule has 0 saturated heterocycles. The van der Waals surface area contributed by atoms with E-state index in [9.17, 15) is 4.79 Å². The Bertz CT molecular complexity index is 459. The third kappa shape index (κ3) is 4.29. The van der Waals surface area contributed by atoms with Gasteiger partial charge in [0.1, 0.15) is 0 Å². The second kappa shape index (κ2) is 7.20. The number of aryl methyl sites for hydroxylation is 1. The number of carbonyl (C=O) groups excluding carboxylic acids is 1. The Morgan fingerprint density at radius 3 is 2.74 bits per heavy atom. The van der Waals surface area contributed by atoms with Crippen LogP contribution in [0, 0.1) is 6.92 Å². The number of aromatic nitrogens is 2.